The van der Waals surface area contributed by atoms with E-state index in [1.807, 2.05) is 26.2 Å². The Morgan fingerprint density at radius 2 is 1.95 bits per heavy atom. The number of aryl methyl sites for hydroxylation is 1. The molecule has 1 aromatic heterocycles. The number of fused-ring (bicyclic) bond motifs is 3. The van der Waals surface area contributed by atoms with E-state index in [2.05, 4.69) is 49.4 Å². The van der Waals surface area contributed by atoms with Crippen molar-refractivity contribution in [3.05, 3.63) is 52.2 Å². The van der Waals surface area contributed by atoms with Crippen molar-refractivity contribution in [1.29, 1.82) is 0 Å². The first-order chi connectivity index (χ1) is 20.5. The number of rotatable bonds is 2. The Labute approximate surface area is 265 Å². The number of carbonyl (C=O) groups is 1. The standard InChI is InChI=1S/C34H48ClN3O4S/c1-7-27-23(3)19-38-20-34(17-9-11-25-18-26(35)12-13-28(25)34)21-42-30-15-14-29(36-31(30)38)32(39)37-43(40)24(4)22(2)10-8-16-33(27,5)41-6/h12-15,18,22-24,27H,7-11,16-17,19-21H2,1-6H3,(H,37,39)/t22?,23?,24?,27?,33-,34-,43?/m0/s1. The Morgan fingerprint density at radius 1 is 1.16 bits per heavy atom. The second-order valence-corrected chi connectivity index (χ2v) is 15.4. The van der Waals surface area contributed by atoms with Gasteiger partial charge in [0.25, 0.3) is 5.91 Å². The number of methoxy groups -OCH3 is 1. The summed E-state index contributed by atoms with van der Waals surface area (Å²) in [7, 11) is 0.309. The maximum atomic E-state index is 13.4. The Kier molecular flexibility index (Phi) is 9.79. The number of nitrogens with one attached hydrogen (secondary N) is 1. The zero-order chi connectivity index (χ0) is 30.9. The fourth-order valence-corrected chi connectivity index (χ4v) is 9.14. The third-order valence-electron chi connectivity index (χ3n) is 10.7. The van der Waals surface area contributed by atoms with Gasteiger partial charge in [-0.15, -0.1) is 0 Å². The van der Waals surface area contributed by atoms with Crippen LogP contribution in [-0.2, 0) is 27.6 Å². The van der Waals surface area contributed by atoms with Crippen molar-refractivity contribution in [2.24, 2.45) is 17.8 Å². The maximum Gasteiger partial charge on any atom is 0.281 e. The maximum absolute atomic E-state index is 13.4. The predicted octanol–water partition coefficient (Wildman–Crippen LogP) is 6.88. The molecule has 236 valence electrons. The monoisotopic (exact) mass is 629 g/mol. The fourth-order valence-electron chi connectivity index (χ4n) is 7.91. The van der Waals surface area contributed by atoms with Crippen molar-refractivity contribution in [3.63, 3.8) is 0 Å². The number of hydrogen-bond donors (Lipinski definition) is 1. The second kappa shape index (κ2) is 13.1. The first kappa shape index (κ1) is 32.2. The van der Waals surface area contributed by atoms with Crippen LogP contribution in [0.4, 0.5) is 5.82 Å². The van der Waals surface area contributed by atoms with Crippen molar-refractivity contribution < 1.29 is 18.5 Å². The van der Waals surface area contributed by atoms with Crippen molar-refractivity contribution in [2.75, 3.05) is 31.7 Å². The fraction of sp³-hybridized carbons (Fsp3) is 0.647. The van der Waals surface area contributed by atoms with Gasteiger partial charge in [-0.2, -0.15) is 0 Å². The number of aromatic nitrogens is 1. The third kappa shape index (κ3) is 6.48. The summed E-state index contributed by atoms with van der Waals surface area (Å²) in [5.74, 6) is 1.69. The Balaban J connectivity index is 1.60. The molecule has 2 aliphatic heterocycles. The first-order valence-corrected chi connectivity index (χ1v) is 17.5. The Hall–Kier alpha value is -2.16. The lowest BCUT2D eigenvalue weighted by atomic mass is 9.69. The largest absolute Gasteiger partial charge is 0.489 e. The molecule has 43 heavy (non-hydrogen) atoms. The van der Waals surface area contributed by atoms with Gasteiger partial charge in [0.15, 0.2) is 11.6 Å². The highest BCUT2D eigenvalue weighted by atomic mass is 35.5. The normalized spacial score (nSPS) is 33.7. The molecule has 1 aromatic carbocycles. The lowest BCUT2D eigenvalue weighted by molar-refractivity contribution is -0.0695. The number of benzene rings is 1. The van der Waals surface area contributed by atoms with Crippen molar-refractivity contribution in [2.45, 2.75) is 95.8 Å². The van der Waals surface area contributed by atoms with E-state index >= 15 is 0 Å². The highest BCUT2D eigenvalue weighted by molar-refractivity contribution is 7.84. The van der Waals surface area contributed by atoms with Gasteiger partial charge in [0.2, 0.25) is 0 Å². The average Bonchev–Trinajstić information content (AvgIpc) is 3.13. The van der Waals surface area contributed by atoms with E-state index in [-0.39, 0.29) is 33.8 Å². The molecule has 5 unspecified atom stereocenters. The molecule has 2 bridgehead atoms. The smallest absolute Gasteiger partial charge is 0.281 e. The molecule has 0 saturated carbocycles. The Bertz CT molecular complexity index is 1360. The van der Waals surface area contributed by atoms with Gasteiger partial charge in [0.05, 0.1) is 17.5 Å². The minimum atomic E-state index is -1.53. The molecule has 3 aliphatic rings. The van der Waals surface area contributed by atoms with Gasteiger partial charge in [-0.25, -0.2) is 9.19 Å². The first-order valence-electron chi connectivity index (χ1n) is 15.9. The van der Waals surface area contributed by atoms with Crippen LogP contribution < -0.4 is 14.4 Å². The van der Waals surface area contributed by atoms with Crippen LogP contribution in [-0.4, -0.2) is 52.8 Å². The SMILES string of the molecule is CCC1C(C)CN2C[C@@]3(CCCc4cc(Cl)ccc43)COc3ccc(nc32)C(=O)NS(=O)C(C)C(C)CCC[C@]1(C)OC. The molecule has 0 radical (unpaired) electrons. The highest BCUT2D eigenvalue weighted by Gasteiger charge is 2.44. The minimum absolute atomic E-state index is 0.181. The van der Waals surface area contributed by atoms with E-state index in [0.717, 1.165) is 63.1 Å². The molecule has 1 spiro atoms. The average molecular weight is 630 g/mol. The summed E-state index contributed by atoms with van der Waals surface area (Å²) in [4.78, 5) is 20.6. The zero-order valence-corrected chi connectivity index (χ0v) is 28.2. The topological polar surface area (TPSA) is 80.8 Å². The van der Waals surface area contributed by atoms with E-state index in [9.17, 15) is 9.00 Å². The summed E-state index contributed by atoms with van der Waals surface area (Å²) < 4.78 is 28.9. The summed E-state index contributed by atoms with van der Waals surface area (Å²) in [5, 5.41) is 0.572. The van der Waals surface area contributed by atoms with Gasteiger partial charge in [-0.05, 0) is 99.1 Å². The number of pyridine rings is 1. The van der Waals surface area contributed by atoms with E-state index in [1.165, 1.54) is 11.1 Å². The predicted molar refractivity (Wildman–Crippen MR) is 174 cm³/mol. The summed E-state index contributed by atoms with van der Waals surface area (Å²) in [6.45, 7) is 12.9. The van der Waals surface area contributed by atoms with Gasteiger partial charge in [-0.1, -0.05) is 51.3 Å². The van der Waals surface area contributed by atoms with Crippen LogP contribution in [0.5, 0.6) is 5.75 Å². The molecular weight excluding hydrogens is 582 g/mol. The lowest BCUT2D eigenvalue weighted by Gasteiger charge is -2.44. The van der Waals surface area contributed by atoms with E-state index < -0.39 is 16.9 Å². The van der Waals surface area contributed by atoms with Crippen LogP contribution in [0.25, 0.3) is 0 Å². The number of hydrogen-bond acceptors (Lipinski definition) is 6. The molecular formula is C34H48ClN3O4S. The number of amides is 1. The molecule has 0 fully saturated rings. The van der Waals surface area contributed by atoms with E-state index in [4.69, 9.17) is 26.1 Å². The highest BCUT2D eigenvalue weighted by Crippen LogP contribution is 2.45. The van der Waals surface area contributed by atoms with Crippen LogP contribution in [0.2, 0.25) is 5.02 Å². The molecule has 3 heterocycles. The molecule has 2 aromatic rings. The summed E-state index contributed by atoms with van der Waals surface area (Å²) in [6, 6.07) is 9.81. The van der Waals surface area contributed by atoms with Crippen LogP contribution in [0, 0.1) is 17.8 Å². The molecule has 0 saturated heterocycles. The molecule has 1 N–H and O–H groups in total. The zero-order valence-electron chi connectivity index (χ0n) is 26.6. The Morgan fingerprint density at radius 3 is 2.70 bits per heavy atom. The third-order valence-corrected chi connectivity index (χ3v) is 12.4. The number of nitrogens with zero attached hydrogens (tertiary/aromatic N) is 2. The second-order valence-electron chi connectivity index (χ2n) is 13.4. The van der Waals surface area contributed by atoms with E-state index in [0.29, 0.717) is 24.1 Å². The summed E-state index contributed by atoms with van der Waals surface area (Å²) in [5.41, 5.74) is 2.30. The lowest BCUT2D eigenvalue weighted by Crippen LogP contribution is -2.49. The van der Waals surface area contributed by atoms with Crippen LogP contribution in [0.1, 0.15) is 94.8 Å². The number of ether oxygens (including phenoxy) is 2. The summed E-state index contributed by atoms with van der Waals surface area (Å²) in [6.07, 6.45) is 6.84. The van der Waals surface area contributed by atoms with Crippen LogP contribution in [0.3, 0.4) is 0 Å². The van der Waals surface area contributed by atoms with Gasteiger partial charge in [0, 0.05) is 30.6 Å². The van der Waals surface area contributed by atoms with Gasteiger partial charge in [-0.3, -0.25) is 9.52 Å². The quantitative estimate of drug-likeness (QED) is 0.390. The molecule has 1 amide bonds. The minimum Gasteiger partial charge on any atom is -0.489 e. The van der Waals surface area contributed by atoms with Crippen LogP contribution in [0.15, 0.2) is 30.3 Å². The molecule has 7 atom stereocenters. The van der Waals surface area contributed by atoms with Crippen molar-refractivity contribution >= 4 is 34.3 Å². The van der Waals surface area contributed by atoms with Crippen LogP contribution >= 0.6 is 11.6 Å². The van der Waals surface area contributed by atoms with Crippen molar-refractivity contribution in [1.82, 2.24) is 9.71 Å². The number of halogens is 1. The van der Waals surface area contributed by atoms with Gasteiger partial charge >= 0.3 is 0 Å². The van der Waals surface area contributed by atoms with Gasteiger partial charge in [0.1, 0.15) is 16.7 Å². The molecule has 9 heteroatoms. The van der Waals surface area contributed by atoms with Crippen molar-refractivity contribution in [3.8, 4) is 5.75 Å². The number of anilines is 1. The molecule has 5 rings (SSSR count). The number of carbonyl (C=O) groups excluding carboxylic acids is 1. The molecule has 7 nitrogen and oxygen atoms in total. The molecule has 1 aliphatic carbocycles. The van der Waals surface area contributed by atoms with E-state index in [1.54, 1.807) is 6.07 Å². The summed E-state index contributed by atoms with van der Waals surface area (Å²) >= 11 is 6.43. The van der Waals surface area contributed by atoms with Gasteiger partial charge < -0.3 is 14.4 Å².